The number of hydrogen-bond donors (Lipinski definition) is 1. The van der Waals surface area contributed by atoms with Gasteiger partial charge < -0.3 is 5.11 Å². The maximum absolute atomic E-state index is 11.0. The predicted octanol–water partition coefficient (Wildman–Crippen LogP) is 4.73. The lowest BCUT2D eigenvalue weighted by Gasteiger charge is -2.41. The van der Waals surface area contributed by atoms with Crippen LogP contribution in [0.5, 0.6) is 0 Å². The topological polar surface area (TPSA) is 20.2 Å². The van der Waals surface area contributed by atoms with Crippen molar-refractivity contribution in [3.8, 4) is 0 Å². The van der Waals surface area contributed by atoms with Crippen LogP contribution >= 0.6 is 0 Å². The van der Waals surface area contributed by atoms with Crippen molar-refractivity contribution in [2.24, 2.45) is 11.3 Å². The van der Waals surface area contributed by atoms with Gasteiger partial charge in [-0.25, -0.2) is 0 Å². The van der Waals surface area contributed by atoms with Crippen molar-refractivity contribution in [3.05, 3.63) is 34.9 Å². The normalized spacial score (nSPS) is 28.4. The van der Waals surface area contributed by atoms with Crippen molar-refractivity contribution in [1.82, 2.24) is 0 Å². The van der Waals surface area contributed by atoms with Gasteiger partial charge in [0.15, 0.2) is 0 Å². The Bertz CT molecular complexity index is 425. The summed E-state index contributed by atoms with van der Waals surface area (Å²) < 4.78 is 0. The fraction of sp³-hybridized carbons (Fsp3) is 0.667. The van der Waals surface area contributed by atoms with Crippen LogP contribution in [0, 0.1) is 25.2 Å². The average Bonchev–Trinajstić information content (AvgIpc) is 2.27. The lowest BCUT2D eigenvalue weighted by atomic mass is 9.67. The van der Waals surface area contributed by atoms with Crippen molar-refractivity contribution in [2.75, 3.05) is 0 Å². The number of rotatable bonds is 1. The molecule has 106 valence electrons. The minimum Gasteiger partial charge on any atom is -0.385 e. The molecule has 0 heterocycles. The van der Waals surface area contributed by atoms with Gasteiger partial charge in [0.05, 0.1) is 5.60 Å². The molecule has 0 unspecified atom stereocenters. The van der Waals surface area contributed by atoms with E-state index in [4.69, 9.17) is 0 Å². The average molecular weight is 260 g/mol. The highest BCUT2D eigenvalue weighted by atomic mass is 16.3. The number of aliphatic hydroxyl groups is 1. The molecule has 1 saturated carbocycles. The molecule has 1 aliphatic carbocycles. The highest BCUT2D eigenvalue weighted by molar-refractivity contribution is 5.32. The highest BCUT2D eigenvalue weighted by Gasteiger charge is 2.38. The molecule has 1 aromatic carbocycles. The van der Waals surface area contributed by atoms with Crippen LogP contribution in [-0.2, 0) is 5.60 Å². The fourth-order valence-electron chi connectivity index (χ4n) is 3.49. The van der Waals surface area contributed by atoms with E-state index < -0.39 is 5.60 Å². The van der Waals surface area contributed by atoms with Crippen LogP contribution in [0.4, 0.5) is 0 Å². The maximum Gasteiger partial charge on any atom is 0.0897 e. The molecule has 0 atom stereocenters. The third kappa shape index (κ3) is 3.20. The molecule has 1 fully saturated rings. The summed E-state index contributed by atoms with van der Waals surface area (Å²) >= 11 is 0. The van der Waals surface area contributed by atoms with Crippen LogP contribution in [0.15, 0.2) is 18.2 Å². The number of benzene rings is 1. The second-order valence-corrected chi connectivity index (χ2v) is 7.55. The van der Waals surface area contributed by atoms with Crippen molar-refractivity contribution >= 4 is 0 Å². The van der Waals surface area contributed by atoms with Gasteiger partial charge in [0.25, 0.3) is 0 Å². The van der Waals surface area contributed by atoms with Crippen molar-refractivity contribution in [2.45, 2.75) is 65.9 Å². The van der Waals surface area contributed by atoms with Crippen LogP contribution in [0.3, 0.4) is 0 Å². The van der Waals surface area contributed by atoms with Crippen molar-refractivity contribution in [1.29, 1.82) is 0 Å². The minimum absolute atomic E-state index is 0.365. The summed E-state index contributed by atoms with van der Waals surface area (Å²) in [5, 5.41) is 11.0. The molecule has 19 heavy (non-hydrogen) atoms. The predicted molar refractivity (Wildman–Crippen MR) is 81.2 cm³/mol. The van der Waals surface area contributed by atoms with Gasteiger partial charge in [-0.2, -0.15) is 0 Å². The zero-order valence-electron chi connectivity index (χ0n) is 13.1. The van der Waals surface area contributed by atoms with Gasteiger partial charge in [0, 0.05) is 0 Å². The molecule has 0 bridgehead atoms. The van der Waals surface area contributed by atoms with Crippen LogP contribution in [-0.4, -0.2) is 5.11 Å². The van der Waals surface area contributed by atoms with Gasteiger partial charge >= 0.3 is 0 Å². The van der Waals surface area contributed by atoms with Crippen LogP contribution < -0.4 is 0 Å². The Morgan fingerprint density at radius 1 is 1.00 bits per heavy atom. The maximum atomic E-state index is 11.0. The first kappa shape index (κ1) is 14.6. The molecular weight excluding hydrogens is 232 g/mol. The van der Waals surface area contributed by atoms with Crippen molar-refractivity contribution < 1.29 is 5.11 Å². The lowest BCUT2D eigenvalue weighted by Crippen LogP contribution is -2.35. The lowest BCUT2D eigenvalue weighted by molar-refractivity contribution is -0.0298. The van der Waals surface area contributed by atoms with E-state index in [0.29, 0.717) is 5.41 Å². The van der Waals surface area contributed by atoms with E-state index in [2.05, 4.69) is 52.8 Å². The third-order valence-corrected chi connectivity index (χ3v) is 4.80. The molecule has 0 radical (unpaired) electrons. The molecule has 0 spiro atoms. The Morgan fingerprint density at radius 3 is 1.89 bits per heavy atom. The molecule has 1 aromatic rings. The molecule has 0 aromatic heterocycles. The molecule has 0 amide bonds. The highest BCUT2D eigenvalue weighted by Crippen LogP contribution is 2.45. The standard InChI is InChI=1S/C18H28O/c1-13-10-14(2)12-16(11-13)18(19)8-6-15(7-9-18)17(3,4)5/h10-12,15,19H,6-9H2,1-5H3. The third-order valence-electron chi connectivity index (χ3n) is 4.80. The van der Waals surface area contributed by atoms with E-state index in [9.17, 15) is 5.11 Å². The van der Waals surface area contributed by atoms with Crippen LogP contribution in [0.2, 0.25) is 0 Å². The summed E-state index contributed by atoms with van der Waals surface area (Å²) in [6.07, 6.45) is 4.07. The second kappa shape index (κ2) is 4.94. The smallest absolute Gasteiger partial charge is 0.0897 e. The quantitative estimate of drug-likeness (QED) is 0.774. The van der Waals surface area contributed by atoms with Crippen molar-refractivity contribution in [3.63, 3.8) is 0 Å². The van der Waals surface area contributed by atoms with Crippen LogP contribution in [0.1, 0.15) is 63.1 Å². The zero-order chi connectivity index (χ0) is 14.3. The zero-order valence-corrected chi connectivity index (χ0v) is 13.1. The van der Waals surface area contributed by atoms with Gasteiger partial charge in [-0.15, -0.1) is 0 Å². The van der Waals surface area contributed by atoms with E-state index in [1.54, 1.807) is 0 Å². The van der Waals surface area contributed by atoms with Gasteiger partial charge in [-0.3, -0.25) is 0 Å². The first-order valence-corrected chi connectivity index (χ1v) is 7.52. The molecule has 1 heteroatoms. The van der Waals surface area contributed by atoms with E-state index in [1.807, 2.05) is 0 Å². The summed E-state index contributed by atoms with van der Waals surface area (Å²) in [7, 11) is 0. The van der Waals surface area contributed by atoms with E-state index in [0.717, 1.165) is 37.2 Å². The molecule has 0 saturated heterocycles. The minimum atomic E-state index is -0.599. The van der Waals surface area contributed by atoms with E-state index in [1.165, 1.54) is 11.1 Å². The fourth-order valence-corrected chi connectivity index (χ4v) is 3.49. The Labute approximate surface area is 118 Å². The van der Waals surface area contributed by atoms with Gasteiger partial charge in [0.2, 0.25) is 0 Å². The Kier molecular flexibility index (Phi) is 3.79. The van der Waals surface area contributed by atoms with Gasteiger partial charge in [-0.1, -0.05) is 50.1 Å². The van der Waals surface area contributed by atoms with Crippen LogP contribution in [0.25, 0.3) is 0 Å². The number of aryl methyl sites for hydroxylation is 2. The molecule has 2 rings (SSSR count). The number of hydrogen-bond acceptors (Lipinski definition) is 1. The Balaban J connectivity index is 2.18. The Hall–Kier alpha value is -0.820. The SMILES string of the molecule is Cc1cc(C)cc(C2(O)CCC(C(C)(C)C)CC2)c1. The monoisotopic (exact) mass is 260 g/mol. The van der Waals surface area contributed by atoms with Gasteiger partial charge in [-0.05, 0) is 56.4 Å². The summed E-state index contributed by atoms with van der Waals surface area (Å²) in [6.45, 7) is 11.2. The first-order valence-electron chi connectivity index (χ1n) is 7.52. The summed E-state index contributed by atoms with van der Waals surface area (Å²) in [5.74, 6) is 0.735. The first-order chi connectivity index (χ1) is 8.71. The van der Waals surface area contributed by atoms with Gasteiger partial charge in [0.1, 0.15) is 0 Å². The summed E-state index contributed by atoms with van der Waals surface area (Å²) in [6, 6.07) is 6.49. The summed E-state index contributed by atoms with van der Waals surface area (Å²) in [4.78, 5) is 0. The molecule has 0 aliphatic heterocycles. The second-order valence-electron chi connectivity index (χ2n) is 7.55. The summed E-state index contributed by atoms with van der Waals surface area (Å²) in [5.41, 5.74) is 3.39. The largest absolute Gasteiger partial charge is 0.385 e. The van der Waals surface area contributed by atoms with E-state index >= 15 is 0 Å². The van der Waals surface area contributed by atoms with E-state index in [-0.39, 0.29) is 0 Å². The molecule has 1 aliphatic rings. The molecule has 1 nitrogen and oxygen atoms in total. The Morgan fingerprint density at radius 2 is 1.47 bits per heavy atom. The molecular formula is C18H28O. The molecule has 1 N–H and O–H groups in total.